The molecule has 0 aliphatic heterocycles. The molecule has 1 aromatic carbocycles. The summed E-state index contributed by atoms with van der Waals surface area (Å²) in [6, 6.07) is 7.58. The number of aliphatic carboxylic acids is 1. The van der Waals surface area contributed by atoms with Crippen LogP contribution >= 0.6 is 0 Å². The summed E-state index contributed by atoms with van der Waals surface area (Å²) in [5, 5.41) is 8.37. The van der Waals surface area contributed by atoms with E-state index in [2.05, 4.69) is 0 Å². The highest BCUT2D eigenvalue weighted by Crippen LogP contribution is 2.12. The summed E-state index contributed by atoms with van der Waals surface area (Å²) in [5.41, 5.74) is 0.999. The number of allylic oxidation sites excluding steroid dienone is 2. The number of ether oxygens (including phenoxy) is 1. The number of hydrogen-bond donors (Lipinski definition) is 1. The Bertz CT molecular complexity index is 388. The van der Waals surface area contributed by atoms with E-state index >= 15 is 0 Å². The van der Waals surface area contributed by atoms with Crippen molar-refractivity contribution in [2.45, 2.75) is 6.92 Å². The van der Waals surface area contributed by atoms with Crippen LogP contribution in [0, 0.1) is 0 Å². The minimum atomic E-state index is -0.948. The second kappa shape index (κ2) is 6.45. The van der Waals surface area contributed by atoms with Gasteiger partial charge in [0.25, 0.3) is 0 Å². The molecule has 0 spiro atoms. The lowest BCUT2D eigenvalue weighted by Gasteiger charge is -2.01. The molecule has 0 unspecified atom stereocenters. The molecule has 3 heteroatoms. The van der Waals surface area contributed by atoms with Crippen molar-refractivity contribution in [1.82, 2.24) is 0 Å². The van der Waals surface area contributed by atoms with Gasteiger partial charge in [0.1, 0.15) is 5.75 Å². The predicted octanol–water partition coefficient (Wildman–Crippen LogP) is 2.74. The molecule has 0 fully saturated rings. The fourth-order valence-electron chi connectivity index (χ4n) is 1.15. The Hall–Kier alpha value is -2.03. The highest BCUT2D eigenvalue weighted by molar-refractivity contribution is 5.80. The van der Waals surface area contributed by atoms with Gasteiger partial charge in [-0.25, -0.2) is 4.79 Å². The number of carboxylic acid groups (broad SMARTS) is 1. The van der Waals surface area contributed by atoms with Crippen LogP contribution < -0.4 is 4.74 Å². The summed E-state index contributed by atoms with van der Waals surface area (Å²) in [6.45, 7) is 2.58. The highest BCUT2D eigenvalue weighted by atomic mass is 16.5. The predicted molar refractivity (Wildman–Crippen MR) is 63.4 cm³/mol. The monoisotopic (exact) mass is 218 g/mol. The molecule has 0 aliphatic carbocycles. The molecule has 0 heterocycles. The van der Waals surface area contributed by atoms with E-state index in [-0.39, 0.29) is 0 Å². The van der Waals surface area contributed by atoms with Crippen molar-refractivity contribution in [3.8, 4) is 5.75 Å². The van der Waals surface area contributed by atoms with E-state index in [0.717, 1.165) is 17.4 Å². The maximum absolute atomic E-state index is 10.2. The zero-order chi connectivity index (χ0) is 11.8. The van der Waals surface area contributed by atoms with Gasteiger partial charge in [0.05, 0.1) is 6.61 Å². The van der Waals surface area contributed by atoms with Gasteiger partial charge in [0.2, 0.25) is 0 Å². The molecular weight excluding hydrogens is 204 g/mol. The fraction of sp³-hybridized carbons (Fsp3) is 0.154. The van der Waals surface area contributed by atoms with Crippen LogP contribution in [0.3, 0.4) is 0 Å². The molecule has 84 valence electrons. The Kier molecular flexibility index (Phi) is 4.86. The molecule has 0 radical (unpaired) electrons. The van der Waals surface area contributed by atoms with Crippen LogP contribution in [0.15, 0.2) is 42.5 Å². The number of carboxylic acids is 1. The Labute approximate surface area is 94.7 Å². The standard InChI is InChI=1S/C13H14O3/c1-2-16-12-9-7-11(8-10-12)5-3-4-6-13(14)15/h3-10H,2H2,1H3,(H,14,15). The molecule has 0 saturated heterocycles. The summed E-state index contributed by atoms with van der Waals surface area (Å²) in [7, 11) is 0. The van der Waals surface area contributed by atoms with Gasteiger partial charge in [0, 0.05) is 6.08 Å². The Morgan fingerprint density at radius 1 is 1.31 bits per heavy atom. The smallest absolute Gasteiger partial charge is 0.328 e. The minimum Gasteiger partial charge on any atom is -0.494 e. The zero-order valence-electron chi connectivity index (χ0n) is 9.09. The van der Waals surface area contributed by atoms with Crippen molar-refractivity contribution in [3.05, 3.63) is 48.1 Å². The van der Waals surface area contributed by atoms with Gasteiger partial charge in [-0.15, -0.1) is 0 Å². The van der Waals surface area contributed by atoms with Crippen LogP contribution in [-0.4, -0.2) is 17.7 Å². The Balaban J connectivity index is 2.58. The van der Waals surface area contributed by atoms with Crippen LogP contribution in [0.25, 0.3) is 6.08 Å². The van der Waals surface area contributed by atoms with E-state index in [4.69, 9.17) is 9.84 Å². The van der Waals surface area contributed by atoms with E-state index in [1.54, 1.807) is 6.08 Å². The van der Waals surface area contributed by atoms with Gasteiger partial charge in [-0.1, -0.05) is 30.4 Å². The Morgan fingerprint density at radius 3 is 2.56 bits per heavy atom. The number of carbonyl (C=O) groups is 1. The molecule has 3 nitrogen and oxygen atoms in total. The summed E-state index contributed by atoms with van der Waals surface area (Å²) in [6.07, 6.45) is 6.09. The molecular formula is C13H14O3. The van der Waals surface area contributed by atoms with Crippen molar-refractivity contribution in [3.63, 3.8) is 0 Å². The lowest BCUT2D eigenvalue weighted by atomic mass is 10.2. The summed E-state index contributed by atoms with van der Waals surface area (Å²) in [4.78, 5) is 10.2. The molecule has 0 saturated carbocycles. The van der Waals surface area contributed by atoms with Crippen molar-refractivity contribution >= 4 is 12.0 Å². The van der Waals surface area contributed by atoms with Crippen LogP contribution in [0.2, 0.25) is 0 Å². The maximum atomic E-state index is 10.2. The quantitative estimate of drug-likeness (QED) is 0.610. The molecule has 1 N–H and O–H groups in total. The van der Waals surface area contributed by atoms with Crippen molar-refractivity contribution in [2.75, 3.05) is 6.61 Å². The molecule has 1 aromatic rings. The van der Waals surface area contributed by atoms with Crippen molar-refractivity contribution < 1.29 is 14.6 Å². The average Bonchev–Trinajstić information content (AvgIpc) is 2.27. The van der Waals surface area contributed by atoms with Gasteiger partial charge in [-0.2, -0.15) is 0 Å². The van der Waals surface area contributed by atoms with E-state index in [1.165, 1.54) is 6.08 Å². The second-order valence-corrected chi connectivity index (χ2v) is 3.06. The number of benzene rings is 1. The van der Waals surface area contributed by atoms with E-state index in [0.29, 0.717) is 6.61 Å². The fourth-order valence-corrected chi connectivity index (χ4v) is 1.15. The minimum absolute atomic E-state index is 0.649. The first-order valence-corrected chi connectivity index (χ1v) is 5.03. The maximum Gasteiger partial charge on any atom is 0.328 e. The molecule has 0 atom stereocenters. The summed E-state index contributed by atoms with van der Waals surface area (Å²) in [5.74, 6) is -0.114. The zero-order valence-corrected chi connectivity index (χ0v) is 9.09. The van der Waals surface area contributed by atoms with E-state index in [9.17, 15) is 4.79 Å². The first-order valence-electron chi connectivity index (χ1n) is 5.03. The van der Waals surface area contributed by atoms with Crippen LogP contribution in [0.5, 0.6) is 5.75 Å². The third-order valence-electron chi connectivity index (χ3n) is 1.83. The molecule has 16 heavy (non-hydrogen) atoms. The van der Waals surface area contributed by atoms with Gasteiger partial charge in [-0.05, 0) is 24.6 Å². The van der Waals surface area contributed by atoms with Gasteiger partial charge in [-0.3, -0.25) is 0 Å². The first kappa shape index (κ1) is 12.0. The second-order valence-electron chi connectivity index (χ2n) is 3.06. The number of hydrogen-bond acceptors (Lipinski definition) is 2. The van der Waals surface area contributed by atoms with E-state index < -0.39 is 5.97 Å². The Morgan fingerprint density at radius 2 is 2.00 bits per heavy atom. The van der Waals surface area contributed by atoms with Crippen LogP contribution in [0.1, 0.15) is 12.5 Å². The average molecular weight is 218 g/mol. The molecule has 0 amide bonds. The highest BCUT2D eigenvalue weighted by Gasteiger charge is 1.90. The molecule has 0 aromatic heterocycles. The summed E-state index contributed by atoms with van der Waals surface area (Å²) < 4.78 is 5.30. The first-order chi connectivity index (χ1) is 7.72. The van der Waals surface area contributed by atoms with Crippen molar-refractivity contribution in [1.29, 1.82) is 0 Å². The van der Waals surface area contributed by atoms with Gasteiger partial charge in [0.15, 0.2) is 0 Å². The van der Waals surface area contributed by atoms with Gasteiger partial charge >= 0.3 is 5.97 Å². The van der Waals surface area contributed by atoms with E-state index in [1.807, 2.05) is 37.3 Å². The van der Waals surface area contributed by atoms with Crippen LogP contribution in [-0.2, 0) is 4.79 Å². The normalized spacial score (nSPS) is 11.1. The topological polar surface area (TPSA) is 46.5 Å². The SMILES string of the molecule is CCOc1ccc(C=CC=CC(=O)O)cc1. The number of rotatable bonds is 5. The third kappa shape index (κ3) is 4.46. The molecule has 0 aliphatic rings. The molecule has 0 bridgehead atoms. The van der Waals surface area contributed by atoms with Crippen LogP contribution in [0.4, 0.5) is 0 Å². The third-order valence-corrected chi connectivity index (χ3v) is 1.83. The summed E-state index contributed by atoms with van der Waals surface area (Å²) >= 11 is 0. The lowest BCUT2D eigenvalue weighted by Crippen LogP contribution is -1.90. The lowest BCUT2D eigenvalue weighted by molar-refractivity contribution is -0.131. The largest absolute Gasteiger partial charge is 0.494 e. The molecule has 1 rings (SSSR count). The van der Waals surface area contributed by atoms with Gasteiger partial charge < -0.3 is 9.84 Å². The van der Waals surface area contributed by atoms with Crippen molar-refractivity contribution in [2.24, 2.45) is 0 Å².